The number of ether oxygens (including phenoxy) is 3. The van der Waals surface area contributed by atoms with Crippen LogP contribution in [0.4, 0.5) is 13.6 Å². The molecule has 0 spiro atoms. The monoisotopic (exact) mass is 582 g/mol. The summed E-state index contributed by atoms with van der Waals surface area (Å²) in [7, 11) is 0. The van der Waals surface area contributed by atoms with Gasteiger partial charge in [0.15, 0.2) is 0 Å². The predicted molar refractivity (Wildman–Crippen MR) is 154 cm³/mol. The van der Waals surface area contributed by atoms with Crippen LogP contribution >= 0.6 is 11.3 Å². The highest BCUT2D eigenvalue weighted by atomic mass is 32.1. The standard InChI is InChI=1S/C30H32F2N4O4S/c1-30(2,3)40-29(37)34-10-11-38-12-13-39-24-15-21(31)6-7-22(24)27-25-23(32)17-41-28(25)26(35-36-27)19-4-5-20-16-33-9-8-18(20)14-19/h4-7,14-15,17,33H,8-13,16H2,1-3H3,(H,34,37). The minimum Gasteiger partial charge on any atom is -0.490 e. The third-order valence-corrected chi connectivity index (χ3v) is 7.37. The third-order valence-electron chi connectivity index (χ3n) is 6.41. The van der Waals surface area contributed by atoms with Crippen LogP contribution in [-0.4, -0.2) is 54.8 Å². The molecule has 216 valence electrons. The fourth-order valence-electron chi connectivity index (χ4n) is 4.59. The summed E-state index contributed by atoms with van der Waals surface area (Å²) in [6.07, 6.45) is 0.390. The van der Waals surface area contributed by atoms with Gasteiger partial charge in [0.2, 0.25) is 0 Å². The summed E-state index contributed by atoms with van der Waals surface area (Å²) in [5, 5.41) is 16.7. The number of amides is 1. The minimum absolute atomic E-state index is 0.105. The first-order valence-corrected chi connectivity index (χ1v) is 14.3. The summed E-state index contributed by atoms with van der Waals surface area (Å²) in [6, 6.07) is 10.2. The van der Waals surface area contributed by atoms with E-state index in [0.29, 0.717) is 21.3 Å². The van der Waals surface area contributed by atoms with Gasteiger partial charge in [-0.15, -0.1) is 21.5 Å². The van der Waals surface area contributed by atoms with Gasteiger partial charge >= 0.3 is 6.09 Å². The van der Waals surface area contributed by atoms with Gasteiger partial charge in [-0.05, 0) is 63.1 Å². The van der Waals surface area contributed by atoms with Gasteiger partial charge in [-0.1, -0.05) is 12.1 Å². The number of halogens is 2. The fraction of sp³-hybridized carbons (Fsp3) is 0.367. The number of rotatable bonds is 9. The molecule has 2 aromatic heterocycles. The van der Waals surface area contributed by atoms with Crippen LogP contribution in [0.15, 0.2) is 41.8 Å². The number of thiophene rings is 1. The van der Waals surface area contributed by atoms with E-state index in [-0.39, 0.29) is 37.8 Å². The molecule has 2 N–H and O–H groups in total. The summed E-state index contributed by atoms with van der Waals surface area (Å²) >= 11 is 1.26. The zero-order chi connectivity index (χ0) is 29.0. The summed E-state index contributed by atoms with van der Waals surface area (Å²) in [6.45, 7) is 7.88. The van der Waals surface area contributed by atoms with Crippen molar-refractivity contribution in [1.82, 2.24) is 20.8 Å². The number of carbonyl (C=O) groups excluding carboxylic acids is 1. The molecule has 1 aliphatic rings. The molecule has 0 unspecified atom stereocenters. The highest BCUT2D eigenvalue weighted by molar-refractivity contribution is 7.17. The lowest BCUT2D eigenvalue weighted by atomic mass is 9.96. The van der Waals surface area contributed by atoms with Gasteiger partial charge in [-0.25, -0.2) is 13.6 Å². The number of benzene rings is 2. The van der Waals surface area contributed by atoms with Gasteiger partial charge in [0.1, 0.15) is 41.0 Å². The summed E-state index contributed by atoms with van der Waals surface area (Å²) in [4.78, 5) is 11.7. The maximum Gasteiger partial charge on any atom is 0.407 e. The van der Waals surface area contributed by atoms with Crippen LogP contribution < -0.4 is 15.4 Å². The van der Waals surface area contributed by atoms with E-state index in [4.69, 9.17) is 14.2 Å². The summed E-state index contributed by atoms with van der Waals surface area (Å²) in [5.74, 6) is -0.716. The van der Waals surface area contributed by atoms with E-state index in [1.54, 1.807) is 20.8 Å². The molecule has 41 heavy (non-hydrogen) atoms. The van der Waals surface area contributed by atoms with Gasteiger partial charge in [-0.2, -0.15) is 0 Å². The Bertz CT molecular complexity index is 1550. The zero-order valence-corrected chi connectivity index (χ0v) is 24.0. The molecule has 0 saturated heterocycles. The molecule has 2 aromatic carbocycles. The zero-order valence-electron chi connectivity index (χ0n) is 23.2. The van der Waals surface area contributed by atoms with Crippen molar-refractivity contribution in [2.45, 2.75) is 39.3 Å². The van der Waals surface area contributed by atoms with E-state index in [1.807, 2.05) is 6.07 Å². The van der Waals surface area contributed by atoms with Crippen molar-refractivity contribution in [3.63, 3.8) is 0 Å². The topological polar surface area (TPSA) is 94.6 Å². The van der Waals surface area contributed by atoms with E-state index in [1.165, 1.54) is 46.0 Å². The molecular formula is C30H32F2N4O4S. The average molecular weight is 583 g/mol. The minimum atomic E-state index is -0.581. The Kier molecular flexibility index (Phi) is 8.77. The van der Waals surface area contributed by atoms with Gasteiger partial charge in [0.05, 0.1) is 23.3 Å². The SMILES string of the molecule is CC(C)(C)OC(=O)NCCOCCOc1cc(F)ccc1-c1nnc(-c2ccc3c(c2)CCNC3)c2scc(F)c12. The first kappa shape index (κ1) is 28.8. The van der Waals surface area contributed by atoms with Crippen molar-refractivity contribution in [2.24, 2.45) is 0 Å². The van der Waals surface area contributed by atoms with Crippen LogP contribution in [0.1, 0.15) is 31.9 Å². The number of carbonyl (C=O) groups is 1. The molecule has 4 aromatic rings. The molecule has 0 radical (unpaired) electrons. The molecule has 5 rings (SSSR count). The molecule has 3 heterocycles. The quantitative estimate of drug-likeness (QED) is 0.239. The highest BCUT2D eigenvalue weighted by Crippen LogP contribution is 2.41. The van der Waals surface area contributed by atoms with Crippen LogP contribution in [0, 0.1) is 11.6 Å². The van der Waals surface area contributed by atoms with Crippen LogP contribution in [0.3, 0.4) is 0 Å². The highest BCUT2D eigenvalue weighted by Gasteiger charge is 2.22. The van der Waals surface area contributed by atoms with Crippen molar-refractivity contribution < 1.29 is 27.8 Å². The first-order valence-electron chi connectivity index (χ1n) is 13.4. The van der Waals surface area contributed by atoms with Crippen molar-refractivity contribution >= 4 is 27.5 Å². The number of nitrogens with one attached hydrogen (secondary N) is 2. The number of nitrogens with zero attached hydrogens (tertiary/aromatic N) is 2. The van der Waals surface area contributed by atoms with E-state index in [2.05, 4.69) is 33.0 Å². The third kappa shape index (κ3) is 6.98. The lowest BCUT2D eigenvalue weighted by molar-refractivity contribution is 0.0489. The van der Waals surface area contributed by atoms with Gasteiger partial charge in [0, 0.05) is 35.7 Å². The van der Waals surface area contributed by atoms with Crippen LogP contribution in [-0.2, 0) is 22.4 Å². The normalized spacial score (nSPS) is 13.2. The Labute approximate surface area is 241 Å². The second-order valence-corrected chi connectivity index (χ2v) is 11.5. The van der Waals surface area contributed by atoms with E-state index >= 15 is 4.39 Å². The molecule has 0 bridgehead atoms. The molecule has 8 nitrogen and oxygen atoms in total. The van der Waals surface area contributed by atoms with Gasteiger partial charge in [0.25, 0.3) is 0 Å². The maximum atomic E-state index is 15.2. The fourth-order valence-corrected chi connectivity index (χ4v) is 5.51. The number of alkyl carbamates (subject to hydrolysis) is 1. The molecule has 11 heteroatoms. The van der Waals surface area contributed by atoms with Crippen molar-refractivity contribution in [2.75, 3.05) is 32.9 Å². The van der Waals surface area contributed by atoms with Crippen molar-refractivity contribution in [1.29, 1.82) is 0 Å². The van der Waals surface area contributed by atoms with Gasteiger partial charge in [-0.3, -0.25) is 0 Å². The lowest BCUT2D eigenvalue weighted by Gasteiger charge is -2.19. The summed E-state index contributed by atoms with van der Waals surface area (Å²) < 4.78 is 46.6. The average Bonchev–Trinajstić information content (AvgIpc) is 3.32. The Morgan fingerprint density at radius 3 is 2.71 bits per heavy atom. The molecule has 0 aliphatic carbocycles. The van der Waals surface area contributed by atoms with E-state index in [0.717, 1.165) is 25.1 Å². The summed E-state index contributed by atoms with van der Waals surface area (Å²) in [5.41, 5.74) is 4.10. The molecular weight excluding hydrogens is 550 g/mol. The van der Waals surface area contributed by atoms with Crippen molar-refractivity contribution in [3.8, 4) is 28.3 Å². The number of hydrogen-bond donors (Lipinski definition) is 2. The molecule has 1 aliphatic heterocycles. The molecule has 1 amide bonds. The van der Waals surface area contributed by atoms with Crippen LogP contribution in [0.25, 0.3) is 32.6 Å². The molecule has 0 saturated carbocycles. The number of hydrogen-bond acceptors (Lipinski definition) is 8. The number of aromatic nitrogens is 2. The Balaban J connectivity index is 1.30. The maximum absolute atomic E-state index is 15.2. The Hall–Kier alpha value is -3.67. The van der Waals surface area contributed by atoms with E-state index in [9.17, 15) is 9.18 Å². The smallest absolute Gasteiger partial charge is 0.407 e. The first-order chi connectivity index (χ1) is 19.7. The van der Waals surface area contributed by atoms with Crippen molar-refractivity contribution in [3.05, 3.63) is 64.5 Å². The van der Waals surface area contributed by atoms with Crippen LogP contribution in [0.2, 0.25) is 0 Å². The second-order valence-electron chi connectivity index (χ2n) is 10.6. The Morgan fingerprint density at radius 2 is 1.88 bits per heavy atom. The predicted octanol–water partition coefficient (Wildman–Crippen LogP) is 5.87. The van der Waals surface area contributed by atoms with E-state index < -0.39 is 23.3 Å². The Morgan fingerprint density at radius 1 is 1.05 bits per heavy atom. The largest absolute Gasteiger partial charge is 0.490 e. The molecule has 0 fully saturated rings. The second kappa shape index (κ2) is 12.5. The van der Waals surface area contributed by atoms with Gasteiger partial charge < -0.3 is 24.8 Å². The number of fused-ring (bicyclic) bond motifs is 2. The lowest BCUT2D eigenvalue weighted by Crippen LogP contribution is -2.34. The van der Waals surface area contributed by atoms with Crippen LogP contribution in [0.5, 0.6) is 5.75 Å². The molecule has 0 atom stereocenters.